The molecular formula is C20H25ClN2O5S2. The highest BCUT2D eigenvalue weighted by atomic mass is 35.5. The number of nitrogens with one attached hydrogen (secondary N) is 2. The lowest BCUT2D eigenvalue weighted by atomic mass is 9.84. The van der Waals surface area contributed by atoms with Gasteiger partial charge in [-0.05, 0) is 62.6 Å². The fraction of sp³-hybridized carbons (Fsp3) is 0.400. The molecular weight excluding hydrogens is 448 g/mol. The van der Waals surface area contributed by atoms with Crippen LogP contribution in [0.3, 0.4) is 0 Å². The molecule has 0 spiro atoms. The summed E-state index contributed by atoms with van der Waals surface area (Å²) in [6.45, 7) is 3.49. The average Bonchev–Trinajstić information content (AvgIpc) is 2.65. The maximum absolute atomic E-state index is 13.0. The molecule has 3 rings (SSSR count). The van der Waals surface area contributed by atoms with Crippen LogP contribution in [0.4, 0.5) is 5.69 Å². The summed E-state index contributed by atoms with van der Waals surface area (Å²) in [5.74, 6) is -0.514. The van der Waals surface area contributed by atoms with Crippen molar-refractivity contribution in [3.63, 3.8) is 0 Å². The summed E-state index contributed by atoms with van der Waals surface area (Å²) in [6, 6.07) is 7.98. The second-order valence-corrected chi connectivity index (χ2v) is 11.6. The number of hydrogen-bond acceptors (Lipinski definition) is 5. The summed E-state index contributed by atoms with van der Waals surface area (Å²) in [4.78, 5) is -0.756. The third-order valence-corrected chi connectivity index (χ3v) is 8.82. The van der Waals surface area contributed by atoms with E-state index < -0.39 is 36.2 Å². The Morgan fingerprint density at radius 1 is 1.00 bits per heavy atom. The van der Waals surface area contributed by atoms with Crippen LogP contribution in [-0.4, -0.2) is 27.5 Å². The number of benzene rings is 2. The number of halogens is 1. The molecule has 30 heavy (non-hydrogen) atoms. The van der Waals surface area contributed by atoms with Crippen LogP contribution in [0.25, 0.3) is 0 Å². The lowest BCUT2D eigenvalue weighted by Gasteiger charge is -2.34. The quantitative estimate of drug-likeness (QED) is 0.584. The van der Waals surface area contributed by atoms with Crippen molar-refractivity contribution in [3.05, 3.63) is 47.0 Å². The summed E-state index contributed by atoms with van der Waals surface area (Å²) in [6.07, 6.45) is 4.22. The molecule has 0 heterocycles. The fourth-order valence-corrected chi connectivity index (χ4v) is 6.60. The van der Waals surface area contributed by atoms with Crippen molar-refractivity contribution in [1.29, 1.82) is 0 Å². The number of sulfonamides is 2. The first-order valence-electron chi connectivity index (χ1n) is 9.58. The minimum Gasteiger partial charge on any atom is -0.507 e. The molecule has 2 aromatic carbocycles. The van der Waals surface area contributed by atoms with E-state index in [4.69, 9.17) is 11.6 Å². The lowest BCUT2D eigenvalue weighted by Crippen LogP contribution is -2.47. The van der Waals surface area contributed by atoms with Crippen molar-refractivity contribution in [2.45, 2.75) is 61.3 Å². The average molecular weight is 473 g/mol. The maximum atomic E-state index is 13.0. The van der Waals surface area contributed by atoms with E-state index in [9.17, 15) is 21.9 Å². The highest BCUT2D eigenvalue weighted by Gasteiger charge is 2.34. The van der Waals surface area contributed by atoms with Gasteiger partial charge in [0.2, 0.25) is 10.0 Å². The molecule has 3 N–H and O–H groups in total. The van der Waals surface area contributed by atoms with Crippen LogP contribution in [0, 0.1) is 6.92 Å². The molecule has 0 amide bonds. The minimum atomic E-state index is -4.13. The molecule has 0 bridgehead atoms. The molecule has 0 saturated heterocycles. The van der Waals surface area contributed by atoms with Crippen LogP contribution in [0.5, 0.6) is 5.75 Å². The van der Waals surface area contributed by atoms with E-state index in [-0.39, 0.29) is 10.6 Å². The van der Waals surface area contributed by atoms with Crippen LogP contribution in [-0.2, 0) is 20.0 Å². The fourth-order valence-electron chi connectivity index (χ4n) is 3.61. The summed E-state index contributed by atoms with van der Waals surface area (Å²) >= 11 is 6.04. The van der Waals surface area contributed by atoms with Gasteiger partial charge in [-0.2, -0.15) is 0 Å². The Bertz CT molecular complexity index is 1160. The summed E-state index contributed by atoms with van der Waals surface area (Å²) in [7, 11) is -8.25. The molecule has 0 atom stereocenters. The number of phenolic OH excluding ortho intramolecular Hbond substituents is 1. The van der Waals surface area contributed by atoms with Gasteiger partial charge < -0.3 is 5.11 Å². The van der Waals surface area contributed by atoms with Gasteiger partial charge in [0.05, 0.1) is 10.6 Å². The molecule has 7 nitrogen and oxygen atoms in total. The highest BCUT2D eigenvalue weighted by Crippen LogP contribution is 2.33. The highest BCUT2D eigenvalue weighted by molar-refractivity contribution is 7.93. The van der Waals surface area contributed by atoms with Crippen LogP contribution in [0.15, 0.2) is 46.2 Å². The molecule has 0 unspecified atom stereocenters. The maximum Gasteiger partial charge on any atom is 0.261 e. The Morgan fingerprint density at radius 2 is 1.67 bits per heavy atom. The lowest BCUT2D eigenvalue weighted by molar-refractivity contribution is 0.293. The standard InChI is InChI=1S/C20H25ClN2O5S2/c1-14-16(21)7-6-8-17(14)22-29(25,26)15-9-10-18(24)19(13-15)30(27,28)23-20(2)11-4-3-5-12-20/h6-10,13,22-24H,3-5,11-12H2,1-2H3. The molecule has 0 aromatic heterocycles. The molecule has 10 heteroatoms. The first-order valence-corrected chi connectivity index (χ1v) is 12.9. The van der Waals surface area contributed by atoms with Crippen LogP contribution < -0.4 is 9.44 Å². The van der Waals surface area contributed by atoms with E-state index in [1.54, 1.807) is 25.1 Å². The van der Waals surface area contributed by atoms with E-state index in [0.29, 0.717) is 23.4 Å². The molecule has 0 aliphatic heterocycles. The van der Waals surface area contributed by atoms with Crippen LogP contribution in [0.2, 0.25) is 5.02 Å². The number of phenols is 1. The monoisotopic (exact) mass is 472 g/mol. The zero-order valence-electron chi connectivity index (χ0n) is 16.8. The third-order valence-electron chi connectivity index (χ3n) is 5.38. The Morgan fingerprint density at radius 3 is 2.33 bits per heavy atom. The van der Waals surface area contributed by atoms with Crippen molar-refractivity contribution >= 4 is 37.3 Å². The first kappa shape index (κ1) is 22.9. The molecule has 164 valence electrons. The van der Waals surface area contributed by atoms with Gasteiger partial charge in [-0.15, -0.1) is 0 Å². The van der Waals surface area contributed by atoms with E-state index in [1.807, 2.05) is 6.92 Å². The largest absolute Gasteiger partial charge is 0.507 e. The Kier molecular flexibility index (Phi) is 6.38. The molecule has 1 saturated carbocycles. The smallest absolute Gasteiger partial charge is 0.261 e. The van der Waals surface area contributed by atoms with E-state index in [2.05, 4.69) is 9.44 Å². The zero-order chi connectivity index (χ0) is 22.2. The van der Waals surface area contributed by atoms with E-state index in [1.165, 1.54) is 0 Å². The molecule has 1 aliphatic carbocycles. The van der Waals surface area contributed by atoms with E-state index >= 15 is 0 Å². The first-order chi connectivity index (χ1) is 13.9. The van der Waals surface area contributed by atoms with E-state index in [0.717, 1.165) is 37.5 Å². The molecule has 2 aromatic rings. The SMILES string of the molecule is Cc1c(Cl)cccc1NS(=O)(=O)c1ccc(O)c(S(=O)(=O)NC2(C)CCCCC2)c1. The van der Waals surface area contributed by atoms with Crippen molar-refractivity contribution in [2.24, 2.45) is 0 Å². The summed E-state index contributed by atoms with van der Waals surface area (Å²) in [5, 5.41) is 10.6. The minimum absolute atomic E-state index is 0.283. The Hall–Kier alpha value is -1.81. The van der Waals surface area contributed by atoms with Gasteiger partial charge in [0.15, 0.2) is 0 Å². The normalized spacial score (nSPS) is 16.9. The predicted molar refractivity (Wildman–Crippen MR) is 117 cm³/mol. The van der Waals surface area contributed by atoms with Gasteiger partial charge in [-0.1, -0.05) is 36.9 Å². The van der Waals surface area contributed by atoms with Crippen LogP contribution in [0.1, 0.15) is 44.6 Å². The van der Waals surface area contributed by atoms with Gasteiger partial charge in [0.25, 0.3) is 10.0 Å². The Labute approximate surface area is 182 Å². The predicted octanol–water partition coefficient (Wildman–Crippen LogP) is 4.16. The summed E-state index contributed by atoms with van der Waals surface area (Å²) in [5.41, 5.74) is 0.197. The Balaban J connectivity index is 1.95. The van der Waals surface area contributed by atoms with Crippen LogP contribution >= 0.6 is 11.6 Å². The number of anilines is 1. The number of hydrogen-bond donors (Lipinski definition) is 3. The topological polar surface area (TPSA) is 113 Å². The number of aromatic hydroxyl groups is 1. The van der Waals surface area contributed by atoms with Gasteiger partial charge in [-0.3, -0.25) is 4.72 Å². The van der Waals surface area contributed by atoms with Crippen molar-refractivity contribution in [3.8, 4) is 5.75 Å². The second kappa shape index (κ2) is 8.37. The van der Waals surface area contributed by atoms with Gasteiger partial charge in [-0.25, -0.2) is 21.6 Å². The third kappa shape index (κ3) is 4.91. The molecule has 1 fully saturated rings. The zero-order valence-corrected chi connectivity index (χ0v) is 19.2. The molecule has 0 radical (unpaired) electrons. The van der Waals surface area contributed by atoms with Gasteiger partial charge >= 0.3 is 0 Å². The number of rotatable bonds is 6. The van der Waals surface area contributed by atoms with Gasteiger partial charge in [0.1, 0.15) is 10.6 Å². The van der Waals surface area contributed by atoms with Gasteiger partial charge in [0, 0.05) is 10.6 Å². The van der Waals surface area contributed by atoms with Crippen molar-refractivity contribution in [2.75, 3.05) is 4.72 Å². The van der Waals surface area contributed by atoms with Crippen molar-refractivity contribution < 1.29 is 21.9 Å². The van der Waals surface area contributed by atoms with Crippen molar-refractivity contribution in [1.82, 2.24) is 4.72 Å². The second-order valence-electron chi connectivity index (χ2n) is 7.87. The summed E-state index contributed by atoms with van der Waals surface area (Å²) < 4.78 is 56.7. The molecule has 1 aliphatic rings.